The Balaban J connectivity index is 2.36. The number of rotatable bonds is 3. The molecule has 0 aliphatic rings. The summed E-state index contributed by atoms with van der Waals surface area (Å²) in [5.41, 5.74) is 5.20. The van der Waals surface area contributed by atoms with Gasteiger partial charge in [-0.25, -0.2) is 8.78 Å². The number of anilines is 1. The molecule has 0 saturated carbocycles. The minimum Gasteiger partial charge on any atom is -0.389 e. The van der Waals surface area contributed by atoms with E-state index in [2.05, 4.69) is 10.3 Å². The molecular weight excluding hydrogens is 284 g/mol. The normalized spacial score (nSPS) is 10.1. The van der Waals surface area contributed by atoms with Gasteiger partial charge in [0.15, 0.2) is 5.82 Å². The number of amides is 1. The van der Waals surface area contributed by atoms with Crippen LogP contribution in [-0.2, 0) is 0 Å². The number of nitrogens with one attached hydrogen (secondary N) is 1. The van der Waals surface area contributed by atoms with Crippen molar-refractivity contribution in [2.75, 3.05) is 5.32 Å². The van der Waals surface area contributed by atoms with Crippen LogP contribution in [0.25, 0.3) is 0 Å². The zero-order valence-electron chi connectivity index (χ0n) is 10.1. The van der Waals surface area contributed by atoms with Crippen molar-refractivity contribution in [3.63, 3.8) is 0 Å². The summed E-state index contributed by atoms with van der Waals surface area (Å²) in [7, 11) is 0. The van der Waals surface area contributed by atoms with Crippen molar-refractivity contribution in [3.05, 3.63) is 59.4 Å². The maximum Gasteiger partial charge on any atom is 0.258 e. The Labute approximate surface area is 118 Å². The van der Waals surface area contributed by atoms with Gasteiger partial charge in [0, 0.05) is 6.20 Å². The van der Waals surface area contributed by atoms with E-state index in [4.69, 9.17) is 18.0 Å². The molecule has 0 fully saturated rings. The van der Waals surface area contributed by atoms with Crippen LogP contribution in [0.3, 0.4) is 0 Å². The fourth-order valence-electron chi connectivity index (χ4n) is 1.63. The average molecular weight is 293 g/mol. The zero-order valence-corrected chi connectivity index (χ0v) is 10.9. The van der Waals surface area contributed by atoms with Crippen LogP contribution >= 0.6 is 12.2 Å². The molecule has 102 valence electrons. The van der Waals surface area contributed by atoms with E-state index in [1.54, 1.807) is 0 Å². The zero-order chi connectivity index (χ0) is 14.7. The second kappa shape index (κ2) is 5.70. The number of hydrogen-bond acceptors (Lipinski definition) is 3. The topological polar surface area (TPSA) is 68.0 Å². The molecular formula is C13H9F2N3OS. The molecule has 4 nitrogen and oxygen atoms in total. The molecule has 20 heavy (non-hydrogen) atoms. The van der Waals surface area contributed by atoms with Crippen LogP contribution < -0.4 is 11.1 Å². The van der Waals surface area contributed by atoms with E-state index in [0.29, 0.717) is 0 Å². The summed E-state index contributed by atoms with van der Waals surface area (Å²) in [4.78, 5) is 15.3. The predicted molar refractivity (Wildman–Crippen MR) is 74.4 cm³/mol. The first kappa shape index (κ1) is 14.0. The highest BCUT2D eigenvalue weighted by Crippen LogP contribution is 2.20. The van der Waals surface area contributed by atoms with Crippen molar-refractivity contribution in [1.29, 1.82) is 0 Å². The standard InChI is InChI=1S/C13H9F2N3OS/c14-8-2-1-3-10(11(8)12(16)20)18-13(19)7-4-5-17-6-9(7)15/h1-6H,(H2,16,20)(H,18,19). The minimum atomic E-state index is -0.779. The summed E-state index contributed by atoms with van der Waals surface area (Å²) in [5, 5.41) is 2.38. The van der Waals surface area contributed by atoms with Crippen molar-refractivity contribution >= 4 is 28.8 Å². The van der Waals surface area contributed by atoms with Crippen LogP contribution in [0.4, 0.5) is 14.5 Å². The minimum absolute atomic E-state index is 0.0821. The summed E-state index contributed by atoms with van der Waals surface area (Å²) in [6.45, 7) is 0. The lowest BCUT2D eigenvalue weighted by Gasteiger charge is -2.11. The van der Waals surface area contributed by atoms with Crippen molar-refractivity contribution in [2.45, 2.75) is 0 Å². The molecule has 0 bridgehead atoms. The van der Waals surface area contributed by atoms with Gasteiger partial charge in [-0.2, -0.15) is 0 Å². The number of carbonyl (C=O) groups excluding carboxylic acids is 1. The highest BCUT2D eigenvalue weighted by Gasteiger charge is 2.16. The number of carbonyl (C=O) groups is 1. The molecule has 1 aromatic heterocycles. The fourth-order valence-corrected chi connectivity index (χ4v) is 1.84. The smallest absolute Gasteiger partial charge is 0.258 e. The lowest BCUT2D eigenvalue weighted by Crippen LogP contribution is -2.19. The average Bonchev–Trinajstić information content (AvgIpc) is 2.38. The SMILES string of the molecule is NC(=S)c1c(F)cccc1NC(=O)c1ccncc1F. The van der Waals surface area contributed by atoms with Gasteiger partial charge in [-0.05, 0) is 18.2 Å². The molecule has 1 aromatic carbocycles. The fraction of sp³-hybridized carbons (Fsp3) is 0. The molecule has 0 radical (unpaired) electrons. The number of aromatic nitrogens is 1. The number of hydrogen-bond donors (Lipinski definition) is 2. The second-order valence-electron chi connectivity index (χ2n) is 3.84. The van der Waals surface area contributed by atoms with Crippen molar-refractivity contribution in [2.24, 2.45) is 5.73 Å². The molecule has 0 saturated heterocycles. The summed E-state index contributed by atoms with van der Waals surface area (Å²) in [5.74, 6) is -2.18. The van der Waals surface area contributed by atoms with E-state index in [1.807, 2.05) is 0 Å². The van der Waals surface area contributed by atoms with Gasteiger partial charge < -0.3 is 11.1 Å². The van der Waals surface area contributed by atoms with Crippen LogP contribution in [-0.4, -0.2) is 15.9 Å². The summed E-state index contributed by atoms with van der Waals surface area (Å²) in [6.07, 6.45) is 2.19. The maximum atomic E-state index is 13.6. The molecule has 0 spiro atoms. The largest absolute Gasteiger partial charge is 0.389 e. The Morgan fingerprint density at radius 3 is 2.65 bits per heavy atom. The van der Waals surface area contributed by atoms with Gasteiger partial charge in [0.25, 0.3) is 5.91 Å². The van der Waals surface area contributed by atoms with Crippen LogP contribution in [0.5, 0.6) is 0 Å². The van der Waals surface area contributed by atoms with Crippen molar-refractivity contribution in [3.8, 4) is 0 Å². The molecule has 1 amide bonds. The Morgan fingerprint density at radius 2 is 2.00 bits per heavy atom. The quantitative estimate of drug-likeness (QED) is 0.852. The lowest BCUT2D eigenvalue weighted by molar-refractivity contribution is 0.102. The number of benzene rings is 1. The Hall–Kier alpha value is -2.41. The van der Waals surface area contributed by atoms with E-state index < -0.39 is 17.5 Å². The van der Waals surface area contributed by atoms with E-state index >= 15 is 0 Å². The number of nitrogens with two attached hydrogens (primary N) is 1. The molecule has 0 unspecified atom stereocenters. The molecule has 1 heterocycles. The van der Waals surface area contributed by atoms with Crippen LogP contribution in [0.1, 0.15) is 15.9 Å². The van der Waals surface area contributed by atoms with Gasteiger partial charge >= 0.3 is 0 Å². The Kier molecular flexibility index (Phi) is 3.99. The second-order valence-corrected chi connectivity index (χ2v) is 4.28. The highest BCUT2D eigenvalue weighted by molar-refractivity contribution is 7.80. The van der Waals surface area contributed by atoms with E-state index in [0.717, 1.165) is 12.3 Å². The molecule has 2 rings (SSSR count). The summed E-state index contributed by atoms with van der Waals surface area (Å²) >= 11 is 4.73. The molecule has 2 aromatic rings. The third-order valence-electron chi connectivity index (χ3n) is 2.53. The van der Waals surface area contributed by atoms with E-state index in [1.165, 1.54) is 24.4 Å². The predicted octanol–water partition coefficient (Wildman–Crippen LogP) is 2.25. The lowest BCUT2D eigenvalue weighted by atomic mass is 10.1. The highest BCUT2D eigenvalue weighted by atomic mass is 32.1. The summed E-state index contributed by atoms with van der Waals surface area (Å²) in [6, 6.07) is 5.19. The van der Waals surface area contributed by atoms with Crippen molar-refractivity contribution < 1.29 is 13.6 Å². The van der Waals surface area contributed by atoms with Gasteiger partial charge in [-0.15, -0.1) is 0 Å². The molecule has 0 aliphatic carbocycles. The van der Waals surface area contributed by atoms with Crippen molar-refractivity contribution in [1.82, 2.24) is 4.98 Å². The van der Waals surface area contributed by atoms with Crippen LogP contribution in [0, 0.1) is 11.6 Å². The van der Waals surface area contributed by atoms with Gasteiger partial charge in [-0.1, -0.05) is 18.3 Å². The van der Waals surface area contributed by atoms with Crippen LogP contribution in [0.15, 0.2) is 36.7 Å². The van der Waals surface area contributed by atoms with Gasteiger partial charge in [0.2, 0.25) is 0 Å². The number of halogens is 2. The molecule has 0 atom stereocenters. The first-order valence-corrected chi connectivity index (χ1v) is 5.90. The van der Waals surface area contributed by atoms with Gasteiger partial charge in [0.05, 0.1) is 23.0 Å². The first-order valence-electron chi connectivity index (χ1n) is 5.50. The summed E-state index contributed by atoms with van der Waals surface area (Å²) < 4.78 is 27.1. The number of nitrogens with zero attached hydrogens (tertiary/aromatic N) is 1. The third kappa shape index (κ3) is 2.77. The Bertz CT molecular complexity index is 691. The third-order valence-corrected chi connectivity index (χ3v) is 2.73. The number of thiocarbonyl (C=S) groups is 1. The molecule has 3 N–H and O–H groups in total. The molecule has 0 aliphatic heterocycles. The van der Waals surface area contributed by atoms with E-state index in [-0.39, 0.29) is 21.8 Å². The van der Waals surface area contributed by atoms with Gasteiger partial charge in [0.1, 0.15) is 10.8 Å². The molecule has 7 heteroatoms. The van der Waals surface area contributed by atoms with Crippen LogP contribution in [0.2, 0.25) is 0 Å². The Morgan fingerprint density at radius 1 is 1.25 bits per heavy atom. The number of pyridine rings is 1. The first-order chi connectivity index (χ1) is 9.50. The monoisotopic (exact) mass is 293 g/mol. The van der Waals surface area contributed by atoms with Gasteiger partial charge in [-0.3, -0.25) is 9.78 Å². The van der Waals surface area contributed by atoms with E-state index in [9.17, 15) is 13.6 Å². The maximum absolute atomic E-state index is 13.6.